The predicted molar refractivity (Wildman–Crippen MR) is 90.7 cm³/mol. The van der Waals surface area contributed by atoms with Gasteiger partial charge in [-0.25, -0.2) is 0 Å². The Morgan fingerprint density at radius 3 is 2.56 bits per heavy atom. The molecule has 1 saturated carbocycles. The number of fused-ring (bicyclic) bond motifs is 1. The summed E-state index contributed by atoms with van der Waals surface area (Å²) in [7, 11) is 0. The minimum absolute atomic E-state index is 0.0342. The number of benzene rings is 1. The maximum Gasteiger partial charge on any atom is 0.471 e. The normalized spacial score (nSPS) is 24.3. The molecule has 2 aromatic rings. The molecule has 1 aliphatic heterocycles. The fourth-order valence-corrected chi connectivity index (χ4v) is 4.50. The Balaban J connectivity index is 1.54. The summed E-state index contributed by atoms with van der Waals surface area (Å²) >= 11 is 0. The summed E-state index contributed by atoms with van der Waals surface area (Å²) in [6, 6.07) is 6.59. The number of nitrogens with zero attached hydrogens (tertiary/aromatic N) is 3. The lowest BCUT2D eigenvalue weighted by molar-refractivity contribution is -0.159. The van der Waals surface area contributed by atoms with Gasteiger partial charge in [-0.2, -0.15) is 18.2 Å². The molecule has 2 fully saturated rings. The molecular formula is C19H20F3N3O2. The van der Waals surface area contributed by atoms with Gasteiger partial charge in [0.2, 0.25) is 5.82 Å². The maximum atomic E-state index is 13.0. The van der Waals surface area contributed by atoms with Gasteiger partial charge in [0.05, 0.1) is 0 Å². The summed E-state index contributed by atoms with van der Waals surface area (Å²) in [4.78, 5) is 18.3. The molecule has 2 heterocycles. The van der Waals surface area contributed by atoms with Gasteiger partial charge in [0.1, 0.15) is 0 Å². The van der Waals surface area contributed by atoms with Gasteiger partial charge in [0, 0.05) is 23.7 Å². The van der Waals surface area contributed by atoms with Crippen LogP contribution in [-0.2, 0) is 6.18 Å². The molecule has 0 unspecified atom stereocenters. The van der Waals surface area contributed by atoms with E-state index in [2.05, 4.69) is 28.5 Å². The number of alkyl halides is 3. The number of hydrogen-bond donors (Lipinski definition) is 0. The zero-order chi connectivity index (χ0) is 19.4. The van der Waals surface area contributed by atoms with E-state index >= 15 is 0 Å². The summed E-state index contributed by atoms with van der Waals surface area (Å²) < 4.78 is 42.0. The van der Waals surface area contributed by atoms with Crippen molar-refractivity contribution >= 4 is 5.91 Å². The monoisotopic (exact) mass is 379 g/mol. The number of aromatic nitrogens is 2. The third-order valence-electron chi connectivity index (χ3n) is 5.78. The fourth-order valence-electron chi connectivity index (χ4n) is 4.50. The molecule has 0 radical (unpaired) electrons. The van der Waals surface area contributed by atoms with Crippen molar-refractivity contribution in [3.05, 3.63) is 35.7 Å². The lowest BCUT2D eigenvalue weighted by Gasteiger charge is -2.24. The lowest BCUT2D eigenvalue weighted by atomic mass is 9.80. The smallest absolute Gasteiger partial charge is 0.335 e. The maximum absolute atomic E-state index is 13.0. The first-order valence-corrected chi connectivity index (χ1v) is 8.99. The molecule has 5 nitrogen and oxygen atoms in total. The summed E-state index contributed by atoms with van der Waals surface area (Å²) in [5.41, 5.74) is 0.989. The van der Waals surface area contributed by atoms with Crippen LogP contribution in [0.2, 0.25) is 0 Å². The topological polar surface area (TPSA) is 59.2 Å². The first kappa shape index (κ1) is 18.0. The molecule has 2 aliphatic rings. The van der Waals surface area contributed by atoms with Crippen LogP contribution < -0.4 is 0 Å². The molecule has 1 aromatic heterocycles. The van der Waals surface area contributed by atoms with Crippen molar-refractivity contribution < 1.29 is 22.5 Å². The molecule has 8 heteroatoms. The van der Waals surface area contributed by atoms with Crippen molar-refractivity contribution in [3.63, 3.8) is 0 Å². The molecule has 0 spiro atoms. The van der Waals surface area contributed by atoms with Crippen LogP contribution >= 0.6 is 0 Å². The number of likely N-dealkylation sites (tertiary alicyclic amines) is 1. The molecule has 1 aromatic carbocycles. The fraction of sp³-hybridized carbons (Fsp3) is 0.526. The molecule has 0 N–H and O–H groups in total. The molecule has 4 rings (SSSR count). The van der Waals surface area contributed by atoms with Gasteiger partial charge in [-0.05, 0) is 36.3 Å². The molecule has 27 heavy (non-hydrogen) atoms. The van der Waals surface area contributed by atoms with Crippen LogP contribution in [0.5, 0.6) is 0 Å². The number of carbonyl (C=O) groups is 1. The Labute approximate surface area is 154 Å². The second-order valence-corrected chi connectivity index (χ2v) is 8.02. The Morgan fingerprint density at radius 2 is 1.93 bits per heavy atom. The average Bonchev–Trinajstić information content (AvgIpc) is 3.31. The van der Waals surface area contributed by atoms with Crippen molar-refractivity contribution in [2.24, 2.45) is 11.3 Å². The van der Waals surface area contributed by atoms with E-state index in [-0.39, 0.29) is 23.2 Å². The number of amides is 1. The van der Waals surface area contributed by atoms with Crippen LogP contribution in [0, 0.1) is 11.3 Å². The number of hydrogen-bond acceptors (Lipinski definition) is 4. The lowest BCUT2D eigenvalue weighted by Crippen LogP contribution is -2.36. The first-order chi connectivity index (χ1) is 12.7. The van der Waals surface area contributed by atoms with E-state index in [4.69, 9.17) is 0 Å². The number of halogens is 3. The second kappa shape index (κ2) is 6.07. The molecule has 1 saturated heterocycles. The molecule has 2 atom stereocenters. The van der Waals surface area contributed by atoms with Crippen molar-refractivity contribution in [1.82, 2.24) is 15.0 Å². The van der Waals surface area contributed by atoms with Gasteiger partial charge in [-0.15, -0.1) is 0 Å². The van der Waals surface area contributed by atoms with Crippen LogP contribution in [0.4, 0.5) is 13.2 Å². The largest absolute Gasteiger partial charge is 0.471 e. The highest BCUT2D eigenvalue weighted by molar-refractivity contribution is 5.95. The quantitative estimate of drug-likeness (QED) is 0.776. The standard InChI is InChI=1S/C19H20F3N3O2/c1-18(2)10-25(14-5-3-4-13(14)18)16(26)12-8-6-11(7-9-12)15-23-17(27-24-15)19(20,21)22/h6-9,13-14H,3-5,10H2,1-2H3/t13-,14+/m0/s1. The van der Waals surface area contributed by atoms with Crippen molar-refractivity contribution in [3.8, 4) is 11.4 Å². The van der Waals surface area contributed by atoms with Gasteiger partial charge in [-0.1, -0.05) is 37.6 Å². The minimum atomic E-state index is -4.68. The van der Waals surface area contributed by atoms with Crippen LogP contribution in [0.3, 0.4) is 0 Å². The Hall–Kier alpha value is -2.38. The van der Waals surface area contributed by atoms with Crippen molar-refractivity contribution in [1.29, 1.82) is 0 Å². The van der Waals surface area contributed by atoms with Crippen molar-refractivity contribution in [2.45, 2.75) is 45.3 Å². The Bertz CT molecular complexity index is 858. The Morgan fingerprint density at radius 1 is 1.22 bits per heavy atom. The summed E-state index contributed by atoms with van der Waals surface area (Å²) in [5, 5.41) is 3.37. The van der Waals surface area contributed by atoms with Gasteiger partial charge >= 0.3 is 12.1 Å². The highest BCUT2D eigenvalue weighted by Crippen LogP contribution is 2.48. The van der Waals surface area contributed by atoms with E-state index in [0.717, 1.165) is 25.8 Å². The summed E-state index contributed by atoms with van der Waals surface area (Å²) in [5.74, 6) is -1.04. The third kappa shape index (κ3) is 3.11. The van der Waals surface area contributed by atoms with Crippen molar-refractivity contribution in [2.75, 3.05) is 6.54 Å². The molecule has 144 valence electrons. The van der Waals surface area contributed by atoms with E-state index in [1.165, 1.54) is 0 Å². The second-order valence-electron chi connectivity index (χ2n) is 8.02. The van der Waals surface area contributed by atoms with Gasteiger partial charge < -0.3 is 9.42 Å². The third-order valence-corrected chi connectivity index (χ3v) is 5.78. The Kier molecular flexibility index (Phi) is 4.05. The predicted octanol–water partition coefficient (Wildman–Crippen LogP) is 4.41. The van der Waals surface area contributed by atoms with E-state index in [0.29, 0.717) is 17.0 Å². The molecule has 1 amide bonds. The molecular weight excluding hydrogens is 359 g/mol. The number of carbonyl (C=O) groups excluding carboxylic acids is 1. The van der Waals surface area contributed by atoms with Crippen LogP contribution in [0.15, 0.2) is 28.8 Å². The highest BCUT2D eigenvalue weighted by Gasteiger charge is 2.50. The van der Waals surface area contributed by atoms with E-state index < -0.39 is 12.1 Å². The zero-order valence-electron chi connectivity index (χ0n) is 15.1. The van der Waals surface area contributed by atoms with E-state index in [9.17, 15) is 18.0 Å². The van der Waals surface area contributed by atoms with Gasteiger partial charge in [0.25, 0.3) is 5.91 Å². The average molecular weight is 379 g/mol. The summed E-state index contributed by atoms with van der Waals surface area (Å²) in [6.07, 6.45) is -1.36. The van der Waals surface area contributed by atoms with Crippen LogP contribution in [0.25, 0.3) is 11.4 Å². The van der Waals surface area contributed by atoms with Gasteiger partial charge in [0.15, 0.2) is 0 Å². The van der Waals surface area contributed by atoms with E-state index in [1.807, 2.05) is 4.90 Å². The van der Waals surface area contributed by atoms with Crippen LogP contribution in [0.1, 0.15) is 49.4 Å². The molecule has 1 aliphatic carbocycles. The first-order valence-electron chi connectivity index (χ1n) is 8.99. The SMILES string of the molecule is CC1(C)CN(C(=O)c2ccc(-c3noc(C(F)(F)F)n3)cc2)[C@@H]2CCC[C@@H]21. The number of rotatable bonds is 2. The zero-order valence-corrected chi connectivity index (χ0v) is 15.1. The minimum Gasteiger partial charge on any atom is -0.335 e. The summed E-state index contributed by atoms with van der Waals surface area (Å²) in [6.45, 7) is 5.14. The molecule has 0 bridgehead atoms. The highest BCUT2D eigenvalue weighted by atomic mass is 19.4. The van der Waals surface area contributed by atoms with E-state index in [1.54, 1.807) is 24.3 Å². The van der Waals surface area contributed by atoms with Crippen LogP contribution in [-0.4, -0.2) is 33.5 Å². The van der Waals surface area contributed by atoms with Gasteiger partial charge in [-0.3, -0.25) is 4.79 Å².